The van der Waals surface area contributed by atoms with Gasteiger partial charge in [-0.05, 0) is 56.4 Å². The van der Waals surface area contributed by atoms with E-state index >= 15 is 0 Å². The molecule has 4 amide bonds. The number of nitrogens with zero attached hydrogens (tertiary/aromatic N) is 1. The molecule has 1 saturated heterocycles. The molecule has 0 spiro atoms. The molecule has 1 aromatic rings. The number of hydrazine groups is 1. The summed E-state index contributed by atoms with van der Waals surface area (Å²) in [7, 11) is 0. The Morgan fingerprint density at radius 2 is 1.40 bits per heavy atom. The second-order valence-corrected chi connectivity index (χ2v) is 12.0. The van der Waals surface area contributed by atoms with E-state index in [0.717, 1.165) is 18.4 Å². The molecule has 13 nitrogen and oxygen atoms in total. The molecule has 0 unspecified atom stereocenters. The van der Waals surface area contributed by atoms with Gasteiger partial charge in [-0.2, -0.15) is 0 Å². The van der Waals surface area contributed by atoms with Crippen LogP contribution in [0.25, 0.3) is 0 Å². The van der Waals surface area contributed by atoms with Crippen LogP contribution in [0.5, 0.6) is 0 Å². The van der Waals surface area contributed by atoms with Gasteiger partial charge in [0.15, 0.2) is 0 Å². The summed E-state index contributed by atoms with van der Waals surface area (Å²) in [6.07, 6.45) is -0.637. The quantitative estimate of drug-likeness (QED) is 0.162. The highest BCUT2D eigenvalue weighted by Gasteiger charge is 2.33. The Kier molecular flexibility index (Phi) is 16.7. The largest absolute Gasteiger partial charge is 0.450 e. The van der Waals surface area contributed by atoms with Gasteiger partial charge in [-0.25, -0.2) is 14.6 Å². The average Bonchev–Trinajstić information content (AvgIpc) is 2.99. The molecule has 4 atom stereocenters. The Morgan fingerprint density at radius 3 is 1.91 bits per heavy atom. The van der Waals surface area contributed by atoms with E-state index in [1.165, 1.54) is 0 Å². The van der Waals surface area contributed by atoms with Gasteiger partial charge in [-0.1, -0.05) is 58.0 Å². The number of aliphatic hydroxyl groups excluding tert-OH is 1. The van der Waals surface area contributed by atoms with Gasteiger partial charge >= 0.3 is 12.2 Å². The maximum Gasteiger partial charge on any atom is 0.407 e. The lowest BCUT2D eigenvalue weighted by Gasteiger charge is -2.35. The lowest BCUT2D eigenvalue weighted by molar-refractivity contribution is -0.131. The third-order valence-corrected chi connectivity index (χ3v) is 7.58. The Morgan fingerprint density at radius 1 is 0.867 bits per heavy atom. The first-order chi connectivity index (χ1) is 21.4. The van der Waals surface area contributed by atoms with Crippen LogP contribution in [0, 0.1) is 17.8 Å². The van der Waals surface area contributed by atoms with Crippen molar-refractivity contribution in [1.29, 1.82) is 0 Å². The van der Waals surface area contributed by atoms with Crippen LogP contribution in [0.3, 0.4) is 0 Å². The maximum atomic E-state index is 13.5. The van der Waals surface area contributed by atoms with Gasteiger partial charge in [0, 0.05) is 26.3 Å². The number of ether oxygens (including phenoxy) is 3. The van der Waals surface area contributed by atoms with Crippen molar-refractivity contribution in [3.8, 4) is 0 Å². The zero-order valence-corrected chi connectivity index (χ0v) is 27.5. The van der Waals surface area contributed by atoms with E-state index in [4.69, 9.17) is 14.2 Å². The van der Waals surface area contributed by atoms with Crippen molar-refractivity contribution < 1.29 is 38.5 Å². The Labute approximate surface area is 267 Å². The topological polar surface area (TPSA) is 168 Å². The highest BCUT2D eigenvalue weighted by atomic mass is 16.6. The second kappa shape index (κ2) is 19.9. The van der Waals surface area contributed by atoms with Crippen molar-refractivity contribution in [3.63, 3.8) is 0 Å². The number of carbonyl (C=O) groups excluding carboxylic acids is 4. The lowest BCUT2D eigenvalue weighted by atomic mass is 9.97. The van der Waals surface area contributed by atoms with E-state index in [9.17, 15) is 24.3 Å². The molecule has 0 saturated carbocycles. The van der Waals surface area contributed by atoms with Gasteiger partial charge in [0.1, 0.15) is 12.1 Å². The molecule has 45 heavy (non-hydrogen) atoms. The third-order valence-electron chi connectivity index (χ3n) is 7.58. The lowest BCUT2D eigenvalue weighted by Crippen LogP contribution is -2.60. The van der Waals surface area contributed by atoms with Crippen molar-refractivity contribution in [3.05, 3.63) is 35.9 Å². The highest BCUT2D eigenvalue weighted by molar-refractivity contribution is 5.86. The summed E-state index contributed by atoms with van der Waals surface area (Å²) in [4.78, 5) is 51.3. The van der Waals surface area contributed by atoms with E-state index in [-0.39, 0.29) is 37.5 Å². The maximum absolute atomic E-state index is 13.5. The number of alkyl carbamates (subject to hydrolysis) is 2. The molecule has 0 aliphatic carbocycles. The minimum Gasteiger partial charge on any atom is -0.450 e. The molecule has 0 aromatic heterocycles. The van der Waals surface area contributed by atoms with Gasteiger partial charge in [-0.15, -0.1) is 0 Å². The van der Waals surface area contributed by atoms with Crippen molar-refractivity contribution in [2.24, 2.45) is 17.8 Å². The monoisotopic (exact) mass is 635 g/mol. The summed E-state index contributed by atoms with van der Waals surface area (Å²) < 4.78 is 15.5. The number of rotatable bonds is 17. The molecule has 0 radical (unpaired) electrons. The molecule has 13 heteroatoms. The number of amides is 4. The first-order valence-electron chi connectivity index (χ1n) is 16.0. The standard InChI is InChI=1S/C32H53N5O8/c1-7-44-31(41)34-27(21(3)4)29(39)33-25(18-23-12-10-9-11-13-23)26(38)20-37(19-24-14-16-43-17-15-24)36-30(40)28(22(5)6)35-32(42)45-8-2/h9-13,21-22,24-28,38H,7-8,14-20H2,1-6H3,(H,33,39)(H,34,41)(H,35,42)(H,36,40)/t25-,26-,27-,28-/m0/s1. The molecule has 1 aliphatic heterocycles. The summed E-state index contributed by atoms with van der Waals surface area (Å²) >= 11 is 0. The summed E-state index contributed by atoms with van der Waals surface area (Å²) in [6.45, 7) is 12.6. The fraction of sp³-hybridized carbons (Fsp3) is 0.688. The van der Waals surface area contributed by atoms with Crippen LogP contribution in [-0.2, 0) is 30.2 Å². The van der Waals surface area contributed by atoms with Crippen molar-refractivity contribution in [2.45, 2.75) is 85.0 Å². The van der Waals surface area contributed by atoms with Gasteiger partial charge < -0.3 is 35.3 Å². The van der Waals surface area contributed by atoms with E-state index < -0.39 is 48.2 Å². The minimum atomic E-state index is -1.12. The van der Waals surface area contributed by atoms with Crippen molar-refractivity contribution in [1.82, 2.24) is 26.4 Å². The van der Waals surface area contributed by atoms with E-state index in [1.54, 1.807) is 32.7 Å². The first kappa shape index (κ1) is 37.8. The zero-order chi connectivity index (χ0) is 33.4. The summed E-state index contributed by atoms with van der Waals surface area (Å²) in [5, 5.41) is 21.5. The Balaban J connectivity index is 2.30. The molecule has 2 rings (SSSR count). The van der Waals surface area contributed by atoms with Crippen LogP contribution in [0.4, 0.5) is 9.59 Å². The summed E-state index contributed by atoms with van der Waals surface area (Å²) in [5.41, 5.74) is 3.80. The molecule has 254 valence electrons. The highest BCUT2D eigenvalue weighted by Crippen LogP contribution is 2.17. The number of carbonyl (C=O) groups is 4. The van der Waals surface area contributed by atoms with E-state index in [1.807, 2.05) is 44.2 Å². The number of hydrogen-bond acceptors (Lipinski definition) is 9. The predicted octanol–water partition coefficient (Wildman–Crippen LogP) is 2.38. The zero-order valence-electron chi connectivity index (χ0n) is 27.5. The van der Waals surface area contributed by atoms with E-state index in [0.29, 0.717) is 26.2 Å². The fourth-order valence-electron chi connectivity index (χ4n) is 5.08. The Bertz CT molecular complexity index is 1050. The van der Waals surface area contributed by atoms with Crippen LogP contribution in [0.1, 0.15) is 59.9 Å². The molecule has 1 heterocycles. The smallest absolute Gasteiger partial charge is 0.407 e. The SMILES string of the molecule is CCOC(=O)N[C@H](C(=O)N[C@@H](Cc1ccccc1)[C@@H](O)CN(CC1CCOCC1)NC(=O)[C@@H](NC(=O)OCC)C(C)C)C(C)C. The number of benzene rings is 1. The van der Waals surface area contributed by atoms with Gasteiger partial charge in [0.2, 0.25) is 5.91 Å². The first-order valence-corrected chi connectivity index (χ1v) is 16.0. The van der Waals surface area contributed by atoms with Crippen LogP contribution >= 0.6 is 0 Å². The fourth-order valence-corrected chi connectivity index (χ4v) is 5.08. The average molecular weight is 636 g/mol. The summed E-state index contributed by atoms with van der Waals surface area (Å²) in [5.74, 6) is -1.21. The van der Waals surface area contributed by atoms with Crippen molar-refractivity contribution in [2.75, 3.05) is 39.5 Å². The second-order valence-electron chi connectivity index (χ2n) is 12.0. The molecular formula is C32H53N5O8. The van der Waals surface area contributed by atoms with Crippen LogP contribution in [0.15, 0.2) is 30.3 Å². The van der Waals surface area contributed by atoms with E-state index in [2.05, 4.69) is 21.4 Å². The minimum absolute atomic E-state index is 0.0112. The van der Waals surface area contributed by atoms with Crippen LogP contribution in [-0.4, -0.2) is 97.9 Å². The van der Waals surface area contributed by atoms with Crippen LogP contribution in [0.2, 0.25) is 0 Å². The van der Waals surface area contributed by atoms with Gasteiger partial charge in [-0.3, -0.25) is 15.0 Å². The molecule has 5 N–H and O–H groups in total. The molecule has 1 fully saturated rings. The number of hydrogen-bond donors (Lipinski definition) is 5. The van der Waals surface area contributed by atoms with Crippen molar-refractivity contribution >= 4 is 24.0 Å². The van der Waals surface area contributed by atoms with Gasteiger partial charge in [0.25, 0.3) is 5.91 Å². The number of nitrogens with one attached hydrogen (secondary N) is 4. The van der Waals surface area contributed by atoms with Crippen LogP contribution < -0.4 is 21.4 Å². The normalized spacial score (nSPS) is 16.4. The Hall–Kier alpha value is -3.42. The molecule has 0 bridgehead atoms. The molecular weight excluding hydrogens is 582 g/mol. The molecule has 1 aromatic carbocycles. The predicted molar refractivity (Wildman–Crippen MR) is 169 cm³/mol. The number of aliphatic hydroxyl groups is 1. The molecule has 1 aliphatic rings. The summed E-state index contributed by atoms with van der Waals surface area (Å²) in [6, 6.07) is 6.90. The van der Waals surface area contributed by atoms with Gasteiger partial charge in [0.05, 0.1) is 25.4 Å². The third kappa shape index (κ3) is 13.6.